The highest BCUT2D eigenvalue weighted by atomic mass is 35.5. The number of hydrogen-bond donors (Lipinski definition) is 0. The number of ether oxygens (including phenoxy) is 2. The van der Waals surface area contributed by atoms with E-state index in [0.29, 0.717) is 34.3 Å². The molecular formula is C25H27ClN2O5. The van der Waals surface area contributed by atoms with Crippen molar-refractivity contribution in [3.05, 3.63) is 52.5 Å². The summed E-state index contributed by atoms with van der Waals surface area (Å²) >= 11 is 6.03. The number of amides is 2. The molecule has 0 N–H and O–H groups in total. The molecule has 0 unspecified atom stereocenters. The first-order valence-electron chi connectivity index (χ1n) is 11.1. The highest BCUT2D eigenvalue weighted by molar-refractivity contribution is 6.31. The minimum atomic E-state index is -0.307. The Bertz CT molecular complexity index is 1090. The molecule has 0 bridgehead atoms. The summed E-state index contributed by atoms with van der Waals surface area (Å²) in [6.45, 7) is 4.22. The number of halogens is 1. The third-order valence-corrected chi connectivity index (χ3v) is 6.56. The van der Waals surface area contributed by atoms with E-state index < -0.39 is 0 Å². The molecule has 1 atom stereocenters. The first-order chi connectivity index (χ1) is 15.8. The molecule has 0 saturated carbocycles. The van der Waals surface area contributed by atoms with Crippen LogP contribution in [0.5, 0.6) is 11.5 Å². The molecule has 2 aliphatic rings. The number of likely N-dealkylation sites (tertiary alicyclic amines) is 1. The van der Waals surface area contributed by atoms with E-state index in [9.17, 15) is 14.4 Å². The summed E-state index contributed by atoms with van der Waals surface area (Å²) in [4.78, 5) is 41.6. The molecular weight excluding hydrogens is 444 g/mol. The van der Waals surface area contributed by atoms with Crippen molar-refractivity contribution in [1.29, 1.82) is 0 Å². The molecule has 8 heteroatoms. The Kier molecular flexibility index (Phi) is 6.88. The first-order valence-corrected chi connectivity index (χ1v) is 11.5. The first kappa shape index (κ1) is 23.1. The lowest BCUT2D eigenvalue weighted by Gasteiger charge is -2.36. The third kappa shape index (κ3) is 5.14. The standard InChI is InChI=1S/C25H27ClN2O5/c1-16-11-19(7-8-20(16)26)32-14-22(29)18-6-9-23-21(12-18)28(25(31)15-33-23)13-24(30)27-10-4-3-5-17(27)2/h6-9,11-12,17H,3-5,10,13-15H2,1-2H3/t17-/m0/s1. The molecule has 174 valence electrons. The van der Waals surface area contributed by atoms with Crippen LogP contribution in [0, 0.1) is 6.92 Å². The van der Waals surface area contributed by atoms with Crippen LogP contribution in [-0.4, -0.2) is 54.8 Å². The number of carbonyl (C=O) groups excluding carboxylic acids is 3. The summed E-state index contributed by atoms with van der Waals surface area (Å²) in [5, 5.41) is 0.626. The predicted molar refractivity (Wildman–Crippen MR) is 125 cm³/mol. The molecule has 1 fully saturated rings. The summed E-state index contributed by atoms with van der Waals surface area (Å²) in [5.41, 5.74) is 1.66. The molecule has 2 aromatic rings. The number of anilines is 1. The van der Waals surface area contributed by atoms with Crippen LogP contribution < -0.4 is 14.4 Å². The lowest BCUT2D eigenvalue weighted by molar-refractivity contribution is -0.134. The smallest absolute Gasteiger partial charge is 0.265 e. The molecule has 33 heavy (non-hydrogen) atoms. The largest absolute Gasteiger partial charge is 0.485 e. The van der Waals surface area contributed by atoms with E-state index in [1.807, 2.05) is 18.7 Å². The van der Waals surface area contributed by atoms with Gasteiger partial charge < -0.3 is 14.4 Å². The molecule has 2 aromatic carbocycles. The molecule has 0 spiro atoms. The summed E-state index contributed by atoms with van der Waals surface area (Å²) in [7, 11) is 0. The normalized spacial score (nSPS) is 17.9. The Hall–Kier alpha value is -3.06. The van der Waals surface area contributed by atoms with E-state index in [2.05, 4.69) is 0 Å². The van der Waals surface area contributed by atoms with Gasteiger partial charge in [-0.25, -0.2) is 0 Å². The van der Waals surface area contributed by atoms with Gasteiger partial charge in [-0.05, 0) is 75.1 Å². The van der Waals surface area contributed by atoms with Gasteiger partial charge in [-0.3, -0.25) is 19.3 Å². The summed E-state index contributed by atoms with van der Waals surface area (Å²) in [6.07, 6.45) is 3.04. The number of nitrogens with zero attached hydrogens (tertiary/aromatic N) is 2. The molecule has 2 amide bonds. The van der Waals surface area contributed by atoms with Crippen LogP contribution in [0.15, 0.2) is 36.4 Å². The molecule has 0 radical (unpaired) electrons. The average molecular weight is 471 g/mol. The number of rotatable bonds is 6. The Morgan fingerprint density at radius 3 is 2.76 bits per heavy atom. The molecule has 7 nitrogen and oxygen atoms in total. The third-order valence-electron chi connectivity index (χ3n) is 6.14. The van der Waals surface area contributed by atoms with Crippen LogP contribution in [0.2, 0.25) is 5.02 Å². The fourth-order valence-corrected chi connectivity index (χ4v) is 4.30. The van der Waals surface area contributed by atoms with Gasteiger partial charge >= 0.3 is 0 Å². The van der Waals surface area contributed by atoms with Crippen LogP contribution in [0.4, 0.5) is 5.69 Å². The Labute approximate surface area is 198 Å². The Balaban J connectivity index is 1.49. The maximum atomic E-state index is 13.0. The number of ketones is 1. The van der Waals surface area contributed by atoms with Gasteiger partial charge in [0.2, 0.25) is 5.91 Å². The molecule has 2 aliphatic heterocycles. The van der Waals surface area contributed by atoms with Crippen molar-refractivity contribution in [2.45, 2.75) is 39.2 Å². The Morgan fingerprint density at radius 1 is 1.18 bits per heavy atom. The van der Waals surface area contributed by atoms with Gasteiger partial charge in [0, 0.05) is 23.2 Å². The summed E-state index contributed by atoms with van der Waals surface area (Å²) < 4.78 is 11.2. The highest BCUT2D eigenvalue weighted by Crippen LogP contribution is 2.33. The number of carbonyl (C=O) groups is 3. The maximum absolute atomic E-state index is 13.0. The summed E-state index contributed by atoms with van der Waals surface area (Å²) in [5.74, 6) is 0.364. The number of Topliss-reactive ketones (excluding diaryl/α,β-unsaturated/α-hetero) is 1. The van der Waals surface area contributed by atoms with Gasteiger partial charge in [-0.15, -0.1) is 0 Å². The van der Waals surface area contributed by atoms with Gasteiger partial charge in [-0.2, -0.15) is 0 Å². The molecule has 0 aliphatic carbocycles. The van der Waals surface area contributed by atoms with Crippen molar-refractivity contribution in [2.24, 2.45) is 0 Å². The van der Waals surface area contributed by atoms with E-state index in [0.717, 1.165) is 24.8 Å². The van der Waals surface area contributed by atoms with Gasteiger partial charge in [0.05, 0.1) is 5.69 Å². The van der Waals surface area contributed by atoms with Crippen LogP contribution in [0.3, 0.4) is 0 Å². The second kappa shape index (κ2) is 9.83. The number of fused-ring (bicyclic) bond motifs is 1. The quantitative estimate of drug-likeness (QED) is 0.595. The van der Waals surface area contributed by atoms with Crippen molar-refractivity contribution in [3.8, 4) is 11.5 Å². The van der Waals surface area contributed by atoms with E-state index in [-0.39, 0.29) is 43.4 Å². The SMILES string of the molecule is Cc1cc(OCC(=O)c2ccc3c(c2)N(CC(=O)N2CCCC[C@@H]2C)C(=O)CO3)ccc1Cl. The lowest BCUT2D eigenvalue weighted by Crippen LogP contribution is -2.50. The minimum absolute atomic E-state index is 0.0717. The number of hydrogen-bond acceptors (Lipinski definition) is 5. The Morgan fingerprint density at radius 2 is 2.00 bits per heavy atom. The van der Waals surface area contributed by atoms with Crippen LogP contribution in [0.1, 0.15) is 42.1 Å². The minimum Gasteiger partial charge on any atom is -0.485 e. The van der Waals surface area contributed by atoms with E-state index in [1.54, 1.807) is 36.4 Å². The second-order valence-electron chi connectivity index (χ2n) is 8.51. The monoisotopic (exact) mass is 470 g/mol. The van der Waals surface area contributed by atoms with E-state index >= 15 is 0 Å². The van der Waals surface area contributed by atoms with Crippen molar-refractivity contribution >= 4 is 34.9 Å². The zero-order chi connectivity index (χ0) is 23.5. The zero-order valence-electron chi connectivity index (χ0n) is 18.8. The molecule has 4 rings (SSSR count). The lowest BCUT2D eigenvalue weighted by atomic mass is 10.0. The number of aryl methyl sites for hydroxylation is 1. The number of piperidine rings is 1. The molecule has 2 heterocycles. The fraction of sp³-hybridized carbons (Fsp3) is 0.400. The maximum Gasteiger partial charge on any atom is 0.265 e. The van der Waals surface area contributed by atoms with Gasteiger partial charge in [0.25, 0.3) is 5.91 Å². The van der Waals surface area contributed by atoms with Crippen molar-refractivity contribution < 1.29 is 23.9 Å². The fourth-order valence-electron chi connectivity index (χ4n) is 4.18. The van der Waals surface area contributed by atoms with Crippen molar-refractivity contribution in [3.63, 3.8) is 0 Å². The van der Waals surface area contributed by atoms with Gasteiger partial charge in [0.15, 0.2) is 19.0 Å². The van der Waals surface area contributed by atoms with Crippen LogP contribution in [-0.2, 0) is 9.59 Å². The zero-order valence-corrected chi connectivity index (χ0v) is 19.6. The van der Waals surface area contributed by atoms with Crippen molar-refractivity contribution in [2.75, 3.05) is 31.2 Å². The van der Waals surface area contributed by atoms with Crippen molar-refractivity contribution in [1.82, 2.24) is 4.90 Å². The predicted octanol–water partition coefficient (Wildman–Crippen LogP) is 4.04. The molecule has 1 saturated heterocycles. The summed E-state index contributed by atoms with van der Waals surface area (Å²) in [6, 6.07) is 10.2. The van der Waals surface area contributed by atoms with Gasteiger partial charge in [0.1, 0.15) is 18.0 Å². The van der Waals surface area contributed by atoms with E-state index in [4.69, 9.17) is 21.1 Å². The van der Waals surface area contributed by atoms with E-state index in [1.165, 1.54) is 4.90 Å². The van der Waals surface area contributed by atoms with Crippen LogP contribution >= 0.6 is 11.6 Å². The average Bonchev–Trinajstić information content (AvgIpc) is 2.81. The second-order valence-corrected chi connectivity index (χ2v) is 8.91. The highest BCUT2D eigenvalue weighted by Gasteiger charge is 2.31. The topological polar surface area (TPSA) is 76.2 Å². The van der Waals surface area contributed by atoms with Gasteiger partial charge in [-0.1, -0.05) is 11.6 Å². The molecule has 0 aromatic heterocycles. The number of benzene rings is 2. The van der Waals surface area contributed by atoms with Crippen LogP contribution in [0.25, 0.3) is 0 Å².